The number of rotatable bonds is 3. The van der Waals surface area contributed by atoms with Gasteiger partial charge < -0.3 is 10.1 Å². The van der Waals surface area contributed by atoms with Gasteiger partial charge in [-0.2, -0.15) is 0 Å². The van der Waals surface area contributed by atoms with Crippen molar-refractivity contribution >= 4 is 11.9 Å². The van der Waals surface area contributed by atoms with Crippen molar-refractivity contribution in [1.82, 2.24) is 5.32 Å². The smallest absolute Gasteiger partial charge is 0.321 e. The van der Waals surface area contributed by atoms with Gasteiger partial charge in [0.15, 0.2) is 0 Å². The Morgan fingerprint density at radius 1 is 1.57 bits per heavy atom. The lowest BCUT2D eigenvalue weighted by Gasteiger charge is -2.44. The highest BCUT2D eigenvalue weighted by atomic mass is 16.5. The van der Waals surface area contributed by atoms with Gasteiger partial charge in [-0.3, -0.25) is 9.59 Å². The van der Waals surface area contributed by atoms with Crippen LogP contribution in [-0.4, -0.2) is 26.0 Å². The van der Waals surface area contributed by atoms with Gasteiger partial charge in [-0.15, -0.1) is 0 Å². The molecule has 1 aliphatic carbocycles. The number of ether oxygens (including phenoxy) is 1. The van der Waals surface area contributed by atoms with E-state index in [1.807, 2.05) is 6.92 Å². The van der Waals surface area contributed by atoms with Crippen molar-refractivity contribution in [2.24, 2.45) is 11.3 Å². The molecule has 1 amide bonds. The molecular formula is C10H17NO3. The quantitative estimate of drug-likeness (QED) is 0.538. The van der Waals surface area contributed by atoms with E-state index in [1.54, 1.807) is 7.05 Å². The van der Waals surface area contributed by atoms with Crippen LogP contribution in [-0.2, 0) is 14.3 Å². The number of hydrogen-bond acceptors (Lipinski definition) is 3. The Hall–Kier alpha value is -1.06. The summed E-state index contributed by atoms with van der Waals surface area (Å²) in [5.74, 6) is -0.465. The first-order chi connectivity index (χ1) is 6.63. The van der Waals surface area contributed by atoms with E-state index < -0.39 is 11.4 Å². The van der Waals surface area contributed by atoms with Crippen LogP contribution in [0.2, 0.25) is 0 Å². The minimum absolute atomic E-state index is 0.134. The van der Waals surface area contributed by atoms with E-state index >= 15 is 0 Å². The molecule has 1 saturated carbocycles. The van der Waals surface area contributed by atoms with Crippen LogP contribution in [0.4, 0.5) is 0 Å². The number of nitrogens with one attached hydrogen (secondary N) is 1. The van der Waals surface area contributed by atoms with Crippen molar-refractivity contribution < 1.29 is 14.3 Å². The summed E-state index contributed by atoms with van der Waals surface area (Å²) in [5.41, 5.74) is -0.905. The Labute approximate surface area is 84.0 Å². The van der Waals surface area contributed by atoms with Gasteiger partial charge in [0.05, 0.1) is 7.11 Å². The highest BCUT2D eigenvalue weighted by Gasteiger charge is 2.58. The lowest BCUT2D eigenvalue weighted by molar-refractivity contribution is -0.172. The first kappa shape index (κ1) is 11.0. The Bertz CT molecular complexity index is 232. The van der Waals surface area contributed by atoms with Crippen molar-refractivity contribution in [2.75, 3.05) is 14.2 Å². The number of methoxy groups -OCH3 is 1. The molecule has 2 unspecified atom stereocenters. The highest BCUT2D eigenvalue weighted by Crippen LogP contribution is 2.49. The van der Waals surface area contributed by atoms with Crippen LogP contribution in [0.25, 0.3) is 0 Å². The molecule has 0 aromatic heterocycles. The first-order valence-corrected chi connectivity index (χ1v) is 4.94. The van der Waals surface area contributed by atoms with Gasteiger partial charge in [0.2, 0.25) is 5.91 Å². The van der Waals surface area contributed by atoms with Crippen LogP contribution >= 0.6 is 0 Å². The fraction of sp³-hybridized carbons (Fsp3) is 0.800. The lowest BCUT2D eigenvalue weighted by atomic mass is 9.58. The minimum atomic E-state index is -0.905. The Morgan fingerprint density at radius 2 is 2.21 bits per heavy atom. The molecule has 80 valence electrons. The van der Waals surface area contributed by atoms with Crippen molar-refractivity contribution in [3.8, 4) is 0 Å². The number of esters is 1. The predicted molar refractivity (Wildman–Crippen MR) is 51.5 cm³/mol. The third-order valence-electron chi connectivity index (χ3n) is 3.26. The molecule has 0 bridgehead atoms. The molecule has 0 spiro atoms. The van der Waals surface area contributed by atoms with Crippen LogP contribution in [0.15, 0.2) is 0 Å². The summed E-state index contributed by atoms with van der Waals surface area (Å²) in [5, 5.41) is 2.55. The lowest BCUT2D eigenvalue weighted by Crippen LogP contribution is -2.56. The van der Waals surface area contributed by atoms with Gasteiger partial charge in [-0.1, -0.05) is 13.3 Å². The SMILES string of the molecule is CCC1CCC1(C(=O)NC)C(=O)OC. The van der Waals surface area contributed by atoms with Gasteiger partial charge in [-0.25, -0.2) is 0 Å². The van der Waals surface area contributed by atoms with Crippen LogP contribution in [0.5, 0.6) is 0 Å². The third kappa shape index (κ3) is 1.29. The second kappa shape index (κ2) is 3.98. The highest BCUT2D eigenvalue weighted by molar-refractivity contribution is 6.03. The largest absolute Gasteiger partial charge is 0.468 e. The Morgan fingerprint density at radius 3 is 2.50 bits per heavy atom. The Kier molecular flexibility index (Phi) is 3.13. The van der Waals surface area contributed by atoms with Crippen molar-refractivity contribution in [2.45, 2.75) is 26.2 Å². The average molecular weight is 199 g/mol. The summed E-state index contributed by atoms with van der Waals surface area (Å²) >= 11 is 0. The van der Waals surface area contributed by atoms with Crippen LogP contribution < -0.4 is 5.32 Å². The van der Waals surface area contributed by atoms with Crippen LogP contribution in [0, 0.1) is 11.3 Å². The van der Waals surface area contributed by atoms with E-state index in [0.717, 1.165) is 12.8 Å². The maximum Gasteiger partial charge on any atom is 0.321 e. The molecule has 4 heteroatoms. The molecule has 4 nitrogen and oxygen atoms in total. The predicted octanol–water partition coefficient (Wildman–Crippen LogP) is 0.712. The molecule has 0 aromatic rings. The van der Waals surface area contributed by atoms with E-state index in [2.05, 4.69) is 5.32 Å². The number of carbonyl (C=O) groups is 2. The Balaban J connectivity index is 2.91. The zero-order valence-corrected chi connectivity index (χ0v) is 8.92. The van der Waals surface area contributed by atoms with Gasteiger partial charge in [0.1, 0.15) is 5.41 Å². The van der Waals surface area contributed by atoms with E-state index in [4.69, 9.17) is 4.74 Å². The van der Waals surface area contributed by atoms with E-state index in [9.17, 15) is 9.59 Å². The van der Waals surface area contributed by atoms with Crippen molar-refractivity contribution in [3.63, 3.8) is 0 Å². The van der Waals surface area contributed by atoms with Crippen molar-refractivity contribution in [1.29, 1.82) is 0 Å². The molecule has 1 N–H and O–H groups in total. The van der Waals surface area contributed by atoms with Gasteiger partial charge in [0.25, 0.3) is 0 Å². The molecule has 1 aliphatic rings. The molecule has 1 fully saturated rings. The van der Waals surface area contributed by atoms with Gasteiger partial charge >= 0.3 is 5.97 Å². The summed E-state index contributed by atoms with van der Waals surface area (Å²) in [7, 11) is 2.89. The standard InChI is InChI=1S/C10H17NO3/c1-4-7-5-6-10(7,8(12)11-2)9(13)14-3/h7H,4-6H2,1-3H3,(H,11,12). The molecule has 0 aromatic carbocycles. The van der Waals surface area contributed by atoms with E-state index in [-0.39, 0.29) is 11.8 Å². The van der Waals surface area contributed by atoms with E-state index in [0.29, 0.717) is 6.42 Å². The molecule has 0 radical (unpaired) electrons. The summed E-state index contributed by atoms with van der Waals surface area (Å²) in [6.45, 7) is 1.99. The second-order valence-electron chi connectivity index (χ2n) is 3.69. The first-order valence-electron chi connectivity index (χ1n) is 4.94. The summed E-state index contributed by atoms with van der Waals surface area (Å²) < 4.78 is 4.71. The third-order valence-corrected chi connectivity index (χ3v) is 3.26. The maximum absolute atomic E-state index is 11.7. The van der Waals surface area contributed by atoms with Crippen molar-refractivity contribution in [3.05, 3.63) is 0 Å². The molecule has 14 heavy (non-hydrogen) atoms. The fourth-order valence-corrected chi connectivity index (χ4v) is 2.26. The molecular weight excluding hydrogens is 182 g/mol. The van der Waals surface area contributed by atoms with Gasteiger partial charge in [-0.05, 0) is 18.8 Å². The van der Waals surface area contributed by atoms with Crippen LogP contribution in [0.3, 0.4) is 0 Å². The molecule has 0 heterocycles. The fourth-order valence-electron chi connectivity index (χ4n) is 2.26. The summed E-state index contributed by atoms with van der Waals surface area (Å²) in [6.07, 6.45) is 2.37. The summed E-state index contributed by atoms with van der Waals surface area (Å²) in [6, 6.07) is 0. The monoisotopic (exact) mass is 199 g/mol. The maximum atomic E-state index is 11.7. The van der Waals surface area contributed by atoms with Crippen LogP contribution in [0.1, 0.15) is 26.2 Å². The summed E-state index contributed by atoms with van der Waals surface area (Å²) in [4.78, 5) is 23.3. The molecule has 1 rings (SSSR count). The van der Waals surface area contributed by atoms with Gasteiger partial charge in [0, 0.05) is 7.05 Å². The minimum Gasteiger partial charge on any atom is -0.468 e. The topological polar surface area (TPSA) is 55.4 Å². The normalized spacial score (nSPS) is 30.4. The number of amides is 1. The number of carbonyl (C=O) groups excluding carboxylic acids is 2. The molecule has 2 atom stereocenters. The number of hydrogen-bond donors (Lipinski definition) is 1. The zero-order chi connectivity index (χ0) is 10.8. The average Bonchev–Trinajstić information content (AvgIpc) is 2.17. The van der Waals surface area contributed by atoms with E-state index in [1.165, 1.54) is 7.11 Å². The zero-order valence-electron chi connectivity index (χ0n) is 8.92. The molecule has 0 saturated heterocycles. The molecule has 0 aliphatic heterocycles. The second-order valence-corrected chi connectivity index (χ2v) is 3.69.